The SMILES string of the molecule is CCC(C)(CCl)Cc1ccc(Br)s1. The van der Waals surface area contributed by atoms with Crippen LogP contribution < -0.4 is 0 Å². The lowest BCUT2D eigenvalue weighted by Crippen LogP contribution is -2.19. The van der Waals surface area contributed by atoms with Crippen LogP contribution in [0, 0.1) is 5.41 Å². The number of thiophene rings is 1. The number of alkyl halides is 1. The summed E-state index contributed by atoms with van der Waals surface area (Å²) in [6, 6.07) is 4.28. The van der Waals surface area contributed by atoms with Gasteiger partial charge in [-0.15, -0.1) is 22.9 Å². The van der Waals surface area contributed by atoms with Crippen molar-refractivity contribution in [3.63, 3.8) is 0 Å². The maximum Gasteiger partial charge on any atom is 0.0701 e. The molecule has 0 aliphatic rings. The molecule has 0 amide bonds. The van der Waals surface area contributed by atoms with Crippen molar-refractivity contribution in [1.82, 2.24) is 0 Å². The summed E-state index contributed by atoms with van der Waals surface area (Å²) in [4.78, 5) is 1.41. The first kappa shape index (κ1) is 11.5. The van der Waals surface area contributed by atoms with E-state index in [1.807, 2.05) is 0 Å². The molecule has 1 atom stereocenters. The minimum absolute atomic E-state index is 0.256. The molecule has 0 saturated heterocycles. The first-order chi connectivity index (χ1) is 6.09. The third-order valence-corrected chi connectivity index (χ3v) is 4.67. The maximum atomic E-state index is 5.96. The molecule has 3 heteroatoms. The molecule has 0 fully saturated rings. The molecule has 1 aromatic rings. The van der Waals surface area contributed by atoms with Crippen LogP contribution in [0.3, 0.4) is 0 Å². The van der Waals surface area contributed by atoms with Crippen LogP contribution in [0.25, 0.3) is 0 Å². The van der Waals surface area contributed by atoms with Crippen molar-refractivity contribution in [3.05, 3.63) is 20.8 Å². The van der Waals surface area contributed by atoms with Crippen molar-refractivity contribution in [2.45, 2.75) is 26.7 Å². The van der Waals surface area contributed by atoms with E-state index in [1.54, 1.807) is 11.3 Å². The number of hydrogen-bond donors (Lipinski definition) is 0. The molecule has 1 aromatic heterocycles. The average molecular weight is 282 g/mol. The zero-order chi connectivity index (χ0) is 9.90. The van der Waals surface area contributed by atoms with Crippen LogP contribution in [0.1, 0.15) is 25.1 Å². The summed E-state index contributed by atoms with van der Waals surface area (Å²) < 4.78 is 1.20. The van der Waals surface area contributed by atoms with Crippen LogP contribution in [-0.4, -0.2) is 5.88 Å². The van der Waals surface area contributed by atoms with Crippen LogP contribution in [0.4, 0.5) is 0 Å². The molecule has 1 heterocycles. The predicted molar refractivity (Wildman–Crippen MR) is 64.8 cm³/mol. The Bertz CT molecular complexity index is 266. The van der Waals surface area contributed by atoms with Gasteiger partial charge < -0.3 is 0 Å². The molecule has 0 N–H and O–H groups in total. The lowest BCUT2D eigenvalue weighted by Gasteiger charge is -2.24. The van der Waals surface area contributed by atoms with Gasteiger partial charge >= 0.3 is 0 Å². The number of hydrogen-bond acceptors (Lipinski definition) is 1. The standard InChI is InChI=1S/C10H14BrClS/c1-3-10(2,7-12)6-8-4-5-9(11)13-8/h4-5H,3,6-7H2,1-2H3. The Hall–Kier alpha value is 0.470. The summed E-state index contributed by atoms with van der Waals surface area (Å²) in [6.45, 7) is 4.44. The first-order valence-electron chi connectivity index (χ1n) is 4.40. The van der Waals surface area contributed by atoms with Gasteiger partial charge in [0.05, 0.1) is 3.79 Å². The van der Waals surface area contributed by atoms with Gasteiger partial charge in [-0.25, -0.2) is 0 Å². The Morgan fingerprint density at radius 1 is 1.54 bits per heavy atom. The third-order valence-electron chi connectivity index (χ3n) is 2.41. The van der Waals surface area contributed by atoms with E-state index in [4.69, 9.17) is 11.6 Å². The fourth-order valence-corrected chi connectivity index (χ4v) is 3.12. The fraction of sp³-hybridized carbons (Fsp3) is 0.600. The zero-order valence-electron chi connectivity index (χ0n) is 7.94. The topological polar surface area (TPSA) is 0 Å². The number of rotatable bonds is 4. The lowest BCUT2D eigenvalue weighted by molar-refractivity contribution is 0.358. The van der Waals surface area contributed by atoms with E-state index < -0.39 is 0 Å². The van der Waals surface area contributed by atoms with Gasteiger partial charge in [-0.1, -0.05) is 13.8 Å². The van der Waals surface area contributed by atoms with Crippen molar-refractivity contribution in [2.75, 3.05) is 5.88 Å². The molecular formula is C10H14BrClS. The minimum atomic E-state index is 0.256. The van der Waals surface area contributed by atoms with E-state index >= 15 is 0 Å². The molecule has 13 heavy (non-hydrogen) atoms. The zero-order valence-corrected chi connectivity index (χ0v) is 11.1. The van der Waals surface area contributed by atoms with Gasteiger partial charge in [-0.3, -0.25) is 0 Å². The molecule has 0 radical (unpaired) electrons. The van der Waals surface area contributed by atoms with Gasteiger partial charge in [-0.05, 0) is 46.3 Å². The molecule has 0 aliphatic carbocycles. The van der Waals surface area contributed by atoms with E-state index in [9.17, 15) is 0 Å². The van der Waals surface area contributed by atoms with E-state index in [1.165, 1.54) is 8.66 Å². The van der Waals surface area contributed by atoms with Crippen LogP contribution in [0.2, 0.25) is 0 Å². The van der Waals surface area contributed by atoms with E-state index in [2.05, 4.69) is 41.9 Å². The van der Waals surface area contributed by atoms with Gasteiger partial charge in [0, 0.05) is 10.8 Å². The highest BCUT2D eigenvalue weighted by molar-refractivity contribution is 9.11. The Labute approximate surface area is 97.4 Å². The Morgan fingerprint density at radius 2 is 2.23 bits per heavy atom. The second kappa shape index (κ2) is 4.81. The van der Waals surface area contributed by atoms with Gasteiger partial charge in [-0.2, -0.15) is 0 Å². The van der Waals surface area contributed by atoms with Crippen molar-refractivity contribution in [2.24, 2.45) is 5.41 Å². The maximum absolute atomic E-state index is 5.96. The van der Waals surface area contributed by atoms with Crippen molar-refractivity contribution in [3.8, 4) is 0 Å². The molecule has 1 rings (SSSR count). The Balaban J connectivity index is 2.67. The van der Waals surface area contributed by atoms with Crippen LogP contribution in [0.5, 0.6) is 0 Å². The largest absolute Gasteiger partial charge is 0.133 e. The summed E-state index contributed by atoms with van der Waals surface area (Å²) in [5.41, 5.74) is 0.256. The summed E-state index contributed by atoms with van der Waals surface area (Å²) in [5.74, 6) is 0.735. The van der Waals surface area contributed by atoms with E-state index in [0.29, 0.717) is 0 Å². The van der Waals surface area contributed by atoms with Gasteiger partial charge in [0.25, 0.3) is 0 Å². The van der Waals surface area contributed by atoms with E-state index in [0.717, 1.165) is 18.7 Å². The van der Waals surface area contributed by atoms with Crippen molar-refractivity contribution >= 4 is 38.9 Å². The number of halogens is 2. The van der Waals surface area contributed by atoms with Crippen molar-refractivity contribution in [1.29, 1.82) is 0 Å². The Kier molecular flexibility index (Phi) is 4.27. The molecule has 0 nitrogen and oxygen atoms in total. The third kappa shape index (κ3) is 3.26. The molecule has 0 spiro atoms. The van der Waals surface area contributed by atoms with Gasteiger partial charge in [0.2, 0.25) is 0 Å². The summed E-state index contributed by atoms with van der Waals surface area (Å²) in [7, 11) is 0. The molecule has 74 valence electrons. The monoisotopic (exact) mass is 280 g/mol. The summed E-state index contributed by atoms with van der Waals surface area (Å²) in [6.07, 6.45) is 2.22. The highest BCUT2D eigenvalue weighted by Crippen LogP contribution is 2.32. The van der Waals surface area contributed by atoms with Crippen LogP contribution >= 0.6 is 38.9 Å². The van der Waals surface area contributed by atoms with Crippen LogP contribution in [-0.2, 0) is 6.42 Å². The van der Waals surface area contributed by atoms with Gasteiger partial charge in [0.1, 0.15) is 0 Å². The molecule has 0 bridgehead atoms. The van der Waals surface area contributed by atoms with Gasteiger partial charge in [0.15, 0.2) is 0 Å². The fourth-order valence-electron chi connectivity index (χ4n) is 1.13. The quantitative estimate of drug-likeness (QED) is 0.701. The highest BCUT2D eigenvalue weighted by atomic mass is 79.9. The second-order valence-electron chi connectivity index (χ2n) is 3.68. The van der Waals surface area contributed by atoms with Crippen LogP contribution in [0.15, 0.2) is 15.9 Å². The Morgan fingerprint density at radius 3 is 2.62 bits per heavy atom. The highest BCUT2D eigenvalue weighted by Gasteiger charge is 2.21. The van der Waals surface area contributed by atoms with Crippen molar-refractivity contribution < 1.29 is 0 Å². The lowest BCUT2D eigenvalue weighted by atomic mass is 9.86. The second-order valence-corrected chi connectivity index (χ2v) is 6.50. The average Bonchev–Trinajstić information content (AvgIpc) is 2.51. The molecule has 1 unspecified atom stereocenters. The molecular weight excluding hydrogens is 268 g/mol. The normalized spacial score (nSPS) is 15.7. The summed E-state index contributed by atoms with van der Waals surface area (Å²) in [5, 5.41) is 0. The predicted octanol–water partition coefficient (Wildman–Crippen LogP) is 4.71. The van der Waals surface area contributed by atoms with E-state index in [-0.39, 0.29) is 5.41 Å². The molecule has 0 aromatic carbocycles. The first-order valence-corrected chi connectivity index (χ1v) is 6.54. The minimum Gasteiger partial charge on any atom is -0.133 e. The molecule has 0 aliphatic heterocycles. The smallest absolute Gasteiger partial charge is 0.0701 e. The molecule has 0 saturated carbocycles. The summed E-state index contributed by atoms with van der Waals surface area (Å²) >= 11 is 11.2.